The van der Waals surface area contributed by atoms with E-state index in [-0.39, 0.29) is 13.2 Å². The molecule has 0 aliphatic rings. The molecule has 0 bridgehead atoms. The lowest BCUT2D eigenvalue weighted by atomic mass is 10.1. The van der Waals surface area contributed by atoms with Crippen LogP contribution < -0.4 is 0 Å². The van der Waals surface area contributed by atoms with Crippen LogP contribution in [0.15, 0.2) is 73.8 Å². The van der Waals surface area contributed by atoms with E-state index in [0.29, 0.717) is 0 Å². The molecule has 0 aromatic heterocycles. The molecule has 0 aliphatic carbocycles. The molecule has 0 N–H and O–H groups in total. The van der Waals surface area contributed by atoms with Crippen molar-refractivity contribution in [2.24, 2.45) is 0 Å². The molecule has 6 nitrogen and oxygen atoms in total. The minimum Gasteiger partial charge on any atom is -0.458 e. The second kappa shape index (κ2) is 13.3. The highest BCUT2D eigenvalue weighted by Gasteiger charge is 2.39. The van der Waals surface area contributed by atoms with E-state index < -0.39 is 37.1 Å². The fourth-order valence-electron chi connectivity index (χ4n) is 4.49. The Hall–Kier alpha value is -2.57. The third-order valence-corrected chi connectivity index (χ3v) is 16.3. The highest BCUT2D eigenvalue weighted by atomic mass is 28.5. The Bertz CT molecular complexity index is 1030. The molecule has 2 rings (SSSR count). The van der Waals surface area contributed by atoms with Gasteiger partial charge in [-0.2, -0.15) is 0 Å². The van der Waals surface area contributed by atoms with Gasteiger partial charge in [-0.15, -0.1) is 0 Å². The first-order valence-corrected chi connectivity index (χ1v) is 21.4. The summed E-state index contributed by atoms with van der Waals surface area (Å²) in [5, 5.41) is 0. The molecule has 0 saturated heterocycles. The van der Waals surface area contributed by atoms with E-state index in [2.05, 4.69) is 76.7 Å². The molecule has 2 aromatic rings. The maximum Gasteiger partial charge on any atom is 0.330 e. The van der Waals surface area contributed by atoms with Crippen LogP contribution in [0, 0.1) is 0 Å². The van der Waals surface area contributed by atoms with Crippen molar-refractivity contribution in [3.63, 3.8) is 0 Å². The third kappa shape index (κ3) is 11.6. The molecule has 0 spiro atoms. The summed E-state index contributed by atoms with van der Waals surface area (Å²) in [5.74, 6) is -0.856. The van der Waals surface area contributed by atoms with Gasteiger partial charge in [-0.1, -0.05) is 61.7 Å². The molecule has 0 fully saturated rings. The predicted molar refractivity (Wildman–Crippen MR) is 155 cm³/mol. The summed E-state index contributed by atoms with van der Waals surface area (Å²) < 4.78 is 23.9. The van der Waals surface area contributed by atoms with Gasteiger partial charge in [0.2, 0.25) is 0 Å². The van der Waals surface area contributed by atoms with Gasteiger partial charge < -0.3 is 17.7 Å². The van der Waals surface area contributed by atoms with Gasteiger partial charge in [-0.05, 0) is 73.6 Å². The molecule has 0 aliphatic heterocycles. The molecule has 9 heteroatoms. The summed E-state index contributed by atoms with van der Waals surface area (Å²) in [7, 11) is -6.62. The predicted octanol–water partition coefficient (Wildman–Crippen LogP) is 6.15. The average molecular weight is 557 g/mol. The fraction of sp³-hybridized carbons (Fsp3) is 0.357. The van der Waals surface area contributed by atoms with Gasteiger partial charge in [-0.25, -0.2) is 9.59 Å². The first kappa shape index (κ1) is 30.7. The van der Waals surface area contributed by atoms with Crippen molar-refractivity contribution >= 4 is 37.1 Å². The molecule has 0 saturated carbocycles. The first-order valence-electron chi connectivity index (χ1n) is 12.4. The molecule has 0 amide bonds. The lowest BCUT2D eigenvalue weighted by Crippen LogP contribution is -2.54. The van der Waals surface area contributed by atoms with Gasteiger partial charge in [-0.3, -0.25) is 0 Å². The highest BCUT2D eigenvalue weighted by Crippen LogP contribution is 2.25. The molecule has 2 aromatic carbocycles. The van der Waals surface area contributed by atoms with Crippen molar-refractivity contribution in [2.45, 2.75) is 64.6 Å². The second-order valence-corrected chi connectivity index (χ2v) is 22.9. The Morgan fingerprint density at radius 1 is 0.676 bits per heavy atom. The van der Waals surface area contributed by atoms with E-state index in [9.17, 15) is 9.59 Å². The Balaban J connectivity index is 2.00. The van der Waals surface area contributed by atoms with Crippen molar-refractivity contribution in [1.82, 2.24) is 0 Å². The van der Waals surface area contributed by atoms with Crippen LogP contribution in [0.5, 0.6) is 0 Å². The average Bonchev–Trinajstić information content (AvgIpc) is 2.79. The normalized spacial score (nSPS) is 12.1. The summed E-state index contributed by atoms with van der Waals surface area (Å²) in [6.45, 7) is 20.5. The largest absolute Gasteiger partial charge is 0.458 e. The zero-order valence-corrected chi connectivity index (χ0v) is 26.0. The van der Waals surface area contributed by atoms with Gasteiger partial charge in [0, 0.05) is 12.2 Å². The standard InChI is InChI=1S/C28H40O6Si3/c1-9-27(29)31-19-23-13-11-15-25(17-23)21-35(3,4)33-37(7,8)34-36(5,6)22-26-16-12-14-24(18-26)20-32-28(30)10-2/h9-18H,1-2,19-22H2,3-8H3. The zero-order valence-electron chi connectivity index (χ0n) is 23.0. The molecule has 200 valence electrons. The molecule has 0 atom stereocenters. The number of benzene rings is 2. The molecule has 0 radical (unpaired) electrons. The first-order chi connectivity index (χ1) is 17.2. The van der Waals surface area contributed by atoms with Crippen LogP contribution in [0.25, 0.3) is 0 Å². The van der Waals surface area contributed by atoms with Crippen molar-refractivity contribution in [3.8, 4) is 0 Å². The minimum atomic E-state index is -2.42. The monoisotopic (exact) mass is 556 g/mol. The van der Waals surface area contributed by atoms with E-state index in [1.807, 2.05) is 24.3 Å². The van der Waals surface area contributed by atoms with Crippen LogP contribution in [0.1, 0.15) is 22.3 Å². The minimum absolute atomic E-state index is 0.225. The van der Waals surface area contributed by atoms with E-state index >= 15 is 0 Å². The van der Waals surface area contributed by atoms with Gasteiger partial charge in [0.1, 0.15) is 13.2 Å². The maximum absolute atomic E-state index is 11.4. The number of hydrogen-bond acceptors (Lipinski definition) is 6. The highest BCUT2D eigenvalue weighted by molar-refractivity contribution is 6.87. The van der Waals surface area contributed by atoms with Crippen LogP contribution in [-0.2, 0) is 52.6 Å². The number of carbonyl (C=O) groups is 2. The third-order valence-electron chi connectivity index (χ3n) is 5.38. The van der Waals surface area contributed by atoms with E-state index in [0.717, 1.165) is 23.2 Å². The summed E-state index contributed by atoms with van der Waals surface area (Å²) in [5.41, 5.74) is 4.22. The van der Waals surface area contributed by atoms with Crippen molar-refractivity contribution < 1.29 is 27.3 Å². The van der Waals surface area contributed by atoms with Crippen molar-refractivity contribution in [2.75, 3.05) is 0 Å². The smallest absolute Gasteiger partial charge is 0.330 e. The van der Waals surface area contributed by atoms with Gasteiger partial charge in [0.05, 0.1) is 0 Å². The summed E-state index contributed by atoms with van der Waals surface area (Å²) in [6.07, 6.45) is 2.34. The van der Waals surface area contributed by atoms with Crippen LogP contribution in [0.3, 0.4) is 0 Å². The van der Waals surface area contributed by atoms with Gasteiger partial charge >= 0.3 is 20.5 Å². The van der Waals surface area contributed by atoms with Crippen LogP contribution >= 0.6 is 0 Å². The Morgan fingerprint density at radius 3 is 1.38 bits per heavy atom. The van der Waals surface area contributed by atoms with E-state index in [1.165, 1.54) is 23.3 Å². The number of carbonyl (C=O) groups excluding carboxylic acids is 2. The number of rotatable bonds is 14. The molecule has 0 heterocycles. The Labute approximate surface area is 224 Å². The van der Waals surface area contributed by atoms with Crippen LogP contribution in [0.2, 0.25) is 39.3 Å². The van der Waals surface area contributed by atoms with Crippen LogP contribution in [-0.4, -0.2) is 37.1 Å². The number of ether oxygens (including phenoxy) is 2. The van der Waals surface area contributed by atoms with Gasteiger partial charge in [0.25, 0.3) is 0 Å². The van der Waals surface area contributed by atoms with Gasteiger partial charge in [0.15, 0.2) is 16.6 Å². The molecule has 0 unspecified atom stereocenters. The Kier molecular flexibility index (Phi) is 11.0. The topological polar surface area (TPSA) is 71.1 Å². The van der Waals surface area contributed by atoms with E-state index in [4.69, 9.17) is 17.7 Å². The molecular formula is C28H40O6Si3. The zero-order chi connectivity index (χ0) is 27.7. The summed E-state index contributed by atoms with van der Waals surface area (Å²) >= 11 is 0. The second-order valence-electron chi connectivity index (χ2n) is 10.7. The van der Waals surface area contributed by atoms with Crippen molar-refractivity contribution in [3.05, 3.63) is 96.1 Å². The number of hydrogen-bond donors (Lipinski definition) is 0. The van der Waals surface area contributed by atoms with E-state index in [1.54, 1.807) is 0 Å². The van der Waals surface area contributed by atoms with Crippen LogP contribution in [0.4, 0.5) is 0 Å². The SMILES string of the molecule is C=CC(=O)OCc1cccc(C[Si](C)(C)O[Si](C)(C)O[Si](C)(C)Cc2cccc(COC(=O)C=C)c2)c1. The molecule has 37 heavy (non-hydrogen) atoms. The quantitative estimate of drug-likeness (QED) is 0.158. The lowest BCUT2D eigenvalue weighted by Gasteiger charge is -2.39. The Morgan fingerprint density at radius 2 is 1.03 bits per heavy atom. The van der Waals surface area contributed by atoms with Crippen molar-refractivity contribution in [1.29, 1.82) is 0 Å². The number of esters is 2. The lowest BCUT2D eigenvalue weighted by molar-refractivity contribution is -0.139. The summed E-state index contributed by atoms with van der Waals surface area (Å²) in [4.78, 5) is 22.8. The summed E-state index contributed by atoms with van der Waals surface area (Å²) in [6, 6.07) is 17.9. The fourth-order valence-corrected chi connectivity index (χ4v) is 18.7. The molecular weight excluding hydrogens is 517 g/mol. The maximum atomic E-state index is 11.4.